The molecule has 3 N–H and O–H groups in total. The average Bonchev–Trinajstić information content (AvgIpc) is 3.28. The first-order valence-electron chi connectivity index (χ1n) is 10.0. The van der Waals surface area contributed by atoms with Crippen LogP contribution < -0.4 is 16.4 Å². The first-order valence-corrected chi connectivity index (χ1v) is 10.0. The Balaban J connectivity index is 1.80. The Bertz CT molecular complexity index is 1230. The number of carbonyl (C=O) groups is 2. The van der Waals surface area contributed by atoms with Crippen LogP contribution in [-0.2, 0) is 0 Å². The maximum absolute atomic E-state index is 13.2. The summed E-state index contributed by atoms with van der Waals surface area (Å²) in [5.41, 5.74) is 2.66. The monoisotopic (exact) mass is 422 g/mol. The van der Waals surface area contributed by atoms with Gasteiger partial charge >= 0.3 is 0 Å². The molecule has 1 aliphatic carbocycles. The van der Waals surface area contributed by atoms with E-state index in [2.05, 4.69) is 20.3 Å². The third-order valence-electron chi connectivity index (χ3n) is 5.62. The van der Waals surface area contributed by atoms with E-state index in [0.29, 0.717) is 22.4 Å². The molecule has 3 aromatic heterocycles. The van der Waals surface area contributed by atoms with E-state index in [1.54, 1.807) is 29.2 Å². The second kappa shape index (κ2) is 8.23. The number of anilines is 2. The van der Waals surface area contributed by atoms with Gasteiger partial charge in [0, 0.05) is 23.8 Å². The van der Waals surface area contributed by atoms with E-state index in [1.807, 2.05) is 0 Å². The minimum Gasteiger partial charge on any atom is -0.309 e. The minimum absolute atomic E-state index is 0.00847. The van der Waals surface area contributed by atoms with Crippen molar-refractivity contribution in [3.63, 3.8) is 0 Å². The molecule has 1 saturated carbocycles. The van der Waals surface area contributed by atoms with Gasteiger partial charge in [-0.05, 0) is 44.4 Å². The molecular formula is C21H22N6O4. The zero-order valence-corrected chi connectivity index (χ0v) is 17.2. The number of aryl methyl sites for hydroxylation is 1. The molecule has 10 nitrogen and oxygen atoms in total. The van der Waals surface area contributed by atoms with Gasteiger partial charge in [-0.2, -0.15) is 4.98 Å². The van der Waals surface area contributed by atoms with Gasteiger partial charge in [0.1, 0.15) is 11.5 Å². The summed E-state index contributed by atoms with van der Waals surface area (Å²) in [5.74, 6) is -0.311. The van der Waals surface area contributed by atoms with Gasteiger partial charge < -0.3 is 5.32 Å². The molecule has 3 heterocycles. The molecule has 10 heteroatoms. The number of carbonyl (C=O) groups excluding carboxylic acids is 2. The number of hydrogen-bond donors (Lipinski definition) is 3. The van der Waals surface area contributed by atoms with Crippen molar-refractivity contribution in [2.24, 2.45) is 0 Å². The molecule has 0 aromatic carbocycles. The highest BCUT2D eigenvalue weighted by Crippen LogP contribution is 2.32. The normalized spacial score (nSPS) is 14.0. The van der Waals surface area contributed by atoms with Gasteiger partial charge in [0.15, 0.2) is 5.78 Å². The fraction of sp³-hybridized carbons (Fsp3) is 0.333. The minimum atomic E-state index is -0.668. The molecule has 3 aromatic rings. The van der Waals surface area contributed by atoms with Crippen LogP contribution in [-0.4, -0.2) is 36.4 Å². The average molecular weight is 422 g/mol. The van der Waals surface area contributed by atoms with Gasteiger partial charge in [-0.25, -0.2) is 15.4 Å². The van der Waals surface area contributed by atoms with Crippen molar-refractivity contribution in [2.45, 2.75) is 45.6 Å². The summed E-state index contributed by atoms with van der Waals surface area (Å²) < 4.78 is 1.64. The van der Waals surface area contributed by atoms with E-state index < -0.39 is 5.91 Å². The Kier molecular flexibility index (Phi) is 5.47. The van der Waals surface area contributed by atoms with Crippen molar-refractivity contribution in [3.05, 3.63) is 51.6 Å². The van der Waals surface area contributed by atoms with Gasteiger partial charge in [0.05, 0.1) is 11.1 Å². The number of hydroxylamine groups is 1. The Morgan fingerprint density at radius 1 is 1.16 bits per heavy atom. The Morgan fingerprint density at radius 2 is 1.90 bits per heavy atom. The lowest BCUT2D eigenvalue weighted by Gasteiger charge is -2.19. The van der Waals surface area contributed by atoms with Gasteiger partial charge in [-0.3, -0.25) is 24.2 Å². The predicted octanol–water partition coefficient (Wildman–Crippen LogP) is 2.68. The van der Waals surface area contributed by atoms with Crippen LogP contribution in [0, 0.1) is 6.92 Å². The highest BCUT2D eigenvalue weighted by atomic mass is 16.5. The molecule has 0 unspecified atom stereocenters. The largest absolute Gasteiger partial charge is 0.309 e. The molecule has 0 atom stereocenters. The summed E-state index contributed by atoms with van der Waals surface area (Å²) >= 11 is 0. The lowest BCUT2D eigenvalue weighted by Crippen LogP contribution is -2.30. The van der Waals surface area contributed by atoms with E-state index in [0.717, 1.165) is 25.7 Å². The van der Waals surface area contributed by atoms with Crippen molar-refractivity contribution >= 4 is 34.5 Å². The lowest BCUT2D eigenvalue weighted by atomic mass is 10.0. The number of nitrogens with one attached hydrogen (secondary N) is 2. The quantitative estimate of drug-likeness (QED) is 0.324. The summed E-state index contributed by atoms with van der Waals surface area (Å²) in [4.78, 5) is 49.9. The molecule has 0 spiro atoms. The van der Waals surface area contributed by atoms with Gasteiger partial charge in [-0.1, -0.05) is 12.8 Å². The fourth-order valence-corrected chi connectivity index (χ4v) is 4.09. The third kappa shape index (κ3) is 3.77. The second-order valence-electron chi connectivity index (χ2n) is 7.60. The molecule has 31 heavy (non-hydrogen) atoms. The highest BCUT2D eigenvalue weighted by Gasteiger charge is 2.25. The number of ketones is 1. The molecule has 0 radical (unpaired) electrons. The molecule has 0 bridgehead atoms. The van der Waals surface area contributed by atoms with Crippen LogP contribution in [0.5, 0.6) is 0 Å². The van der Waals surface area contributed by atoms with E-state index >= 15 is 0 Å². The number of amides is 1. The number of pyridine rings is 2. The lowest BCUT2D eigenvalue weighted by molar-refractivity contribution is 0.0706. The zero-order chi connectivity index (χ0) is 22.1. The van der Waals surface area contributed by atoms with E-state index in [-0.39, 0.29) is 34.5 Å². The van der Waals surface area contributed by atoms with E-state index in [9.17, 15) is 14.4 Å². The fourth-order valence-electron chi connectivity index (χ4n) is 4.09. The van der Waals surface area contributed by atoms with E-state index in [4.69, 9.17) is 5.21 Å². The maximum Gasteiger partial charge on any atom is 0.276 e. The Morgan fingerprint density at radius 3 is 2.52 bits per heavy atom. The summed E-state index contributed by atoms with van der Waals surface area (Å²) in [6.07, 6.45) is 6.67. The number of rotatable bonds is 5. The molecule has 1 amide bonds. The van der Waals surface area contributed by atoms with Crippen LogP contribution in [0.3, 0.4) is 0 Å². The number of aromatic nitrogens is 4. The molecule has 160 valence electrons. The second-order valence-corrected chi connectivity index (χ2v) is 7.60. The number of Topliss-reactive ketones (excluding diaryl/α,β-unsaturated/α-hetero) is 1. The number of nitrogens with zero attached hydrogens (tertiary/aromatic N) is 4. The summed E-state index contributed by atoms with van der Waals surface area (Å²) in [5, 5.41) is 12.3. The van der Waals surface area contributed by atoms with Gasteiger partial charge in [-0.15, -0.1) is 0 Å². The van der Waals surface area contributed by atoms with Crippen molar-refractivity contribution < 1.29 is 14.8 Å². The smallest absolute Gasteiger partial charge is 0.276 e. The zero-order valence-electron chi connectivity index (χ0n) is 17.2. The summed E-state index contributed by atoms with van der Waals surface area (Å²) in [6, 6.07) is 3.03. The topological polar surface area (TPSA) is 139 Å². The van der Waals surface area contributed by atoms with Crippen LogP contribution in [0.25, 0.3) is 11.0 Å². The highest BCUT2D eigenvalue weighted by molar-refractivity contribution is 5.99. The van der Waals surface area contributed by atoms with Crippen LogP contribution >= 0.6 is 0 Å². The van der Waals surface area contributed by atoms with Crippen molar-refractivity contribution in [1.29, 1.82) is 0 Å². The van der Waals surface area contributed by atoms with Crippen LogP contribution in [0.2, 0.25) is 0 Å². The molecule has 1 fully saturated rings. The van der Waals surface area contributed by atoms with Crippen molar-refractivity contribution in [3.8, 4) is 0 Å². The summed E-state index contributed by atoms with van der Waals surface area (Å²) in [6.45, 7) is 3.14. The molecule has 0 saturated heterocycles. The first kappa shape index (κ1) is 20.6. The first-order chi connectivity index (χ1) is 14.9. The molecule has 1 aliphatic rings. The SMILES string of the molecule is CC(=O)c1c(C)c2cnc(Nc3ccc(C(=O)NO)cn3)nc2n(C2CCCC2)c1=O. The summed E-state index contributed by atoms with van der Waals surface area (Å²) in [7, 11) is 0. The van der Waals surface area contributed by atoms with E-state index in [1.165, 1.54) is 19.2 Å². The molecule has 4 rings (SSSR count). The van der Waals surface area contributed by atoms with Gasteiger partial charge in [0.2, 0.25) is 5.95 Å². The third-order valence-corrected chi connectivity index (χ3v) is 5.62. The van der Waals surface area contributed by atoms with Crippen molar-refractivity contribution in [1.82, 2.24) is 25.0 Å². The maximum atomic E-state index is 13.2. The van der Waals surface area contributed by atoms with Crippen LogP contribution in [0.15, 0.2) is 29.3 Å². The Labute approximate surface area is 177 Å². The van der Waals surface area contributed by atoms with Crippen molar-refractivity contribution in [2.75, 3.05) is 5.32 Å². The van der Waals surface area contributed by atoms with Gasteiger partial charge in [0.25, 0.3) is 11.5 Å². The number of hydrogen-bond acceptors (Lipinski definition) is 8. The predicted molar refractivity (Wildman–Crippen MR) is 113 cm³/mol. The van der Waals surface area contributed by atoms with Crippen LogP contribution in [0.1, 0.15) is 64.9 Å². The Hall–Kier alpha value is -3.66. The molecular weight excluding hydrogens is 400 g/mol. The molecule has 0 aliphatic heterocycles. The standard InChI is InChI=1S/C21H22N6O4/c1-11-15-10-23-21(24-16-8-7-13(9-22-16)19(29)26-31)25-18(15)27(14-5-3-4-6-14)20(30)17(11)12(2)28/h7-10,14,31H,3-6H2,1-2H3,(H,26,29)(H,22,23,24,25). The number of fused-ring (bicyclic) bond motifs is 1. The van der Waals surface area contributed by atoms with Crippen LogP contribution in [0.4, 0.5) is 11.8 Å².